The number of benzene rings is 2. The second-order valence-electron chi connectivity index (χ2n) is 8.28. The van der Waals surface area contributed by atoms with Crippen LogP contribution < -0.4 is 10.5 Å². The standard InChI is InChI=1S/C9H21NO3.C8H6Cl2O3.C7H4Cl3NO2/c1-7(11)4-10(5-8(2)12)6-9(3)13;9-5-1-2-7(6(10)3-5)13-4-8(11)12;8-3-1-2(7(12)13)4(9)6(11)5(3)10/h7-9,11-13H,4-6H2,1-3H3;1-3H,4H2,(H,11,12);1H,11H2,(H,12,13). The molecule has 10 nitrogen and oxygen atoms in total. The Morgan fingerprint density at radius 2 is 1.33 bits per heavy atom. The van der Waals surface area contributed by atoms with Gasteiger partial charge in [0.15, 0.2) is 6.61 Å². The maximum atomic E-state index is 10.6. The van der Waals surface area contributed by atoms with E-state index in [1.165, 1.54) is 12.1 Å². The first kappa shape index (κ1) is 37.3. The number of hydrogen-bond donors (Lipinski definition) is 6. The Morgan fingerprint density at radius 3 is 1.72 bits per heavy atom. The fourth-order valence-corrected chi connectivity index (χ4v) is 3.96. The highest BCUT2D eigenvalue weighted by molar-refractivity contribution is 6.47. The van der Waals surface area contributed by atoms with Crippen molar-refractivity contribution >= 4 is 75.6 Å². The lowest BCUT2D eigenvalue weighted by molar-refractivity contribution is -0.139. The Hall–Kier alpha value is -1.73. The molecule has 39 heavy (non-hydrogen) atoms. The highest BCUT2D eigenvalue weighted by Crippen LogP contribution is 2.36. The van der Waals surface area contributed by atoms with Crippen LogP contribution in [0.4, 0.5) is 5.69 Å². The van der Waals surface area contributed by atoms with Gasteiger partial charge in [-0.05, 0) is 45.0 Å². The molecule has 0 aliphatic heterocycles. The number of carboxylic acid groups (broad SMARTS) is 2. The average molecular weight is 653 g/mol. The number of ether oxygens (including phenoxy) is 1. The normalized spacial score (nSPS) is 12.8. The fourth-order valence-electron chi connectivity index (χ4n) is 2.86. The van der Waals surface area contributed by atoms with Crippen LogP contribution in [0.3, 0.4) is 0 Å². The van der Waals surface area contributed by atoms with Crippen LogP contribution in [-0.2, 0) is 4.79 Å². The molecule has 0 heterocycles. The van der Waals surface area contributed by atoms with E-state index in [-0.39, 0.29) is 26.3 Å². The van der Waals surface area contributed by atoms with Crippen molar-refractivity contribution in [1.82, 2.24) is 4.90 Å². The van der Waals surface area contributed by atoms with Gasteiger partial charge in [-0.2, -0.15) is 0 Å². The van der Waals surface area contributed by atoms with E-state index in [9.17, 15) is 9.59 Å². The van der Waals surface area contributed by atoms with Crippen molar-refractivity contribution in [1.29, 1.82) is 0 Å². The van der Waals surface area contributed by atoms with Gasteiger partial charge in [-0.25, -0.2) is 9.59 Å². The number of carboxylic acids is 2. The number of halogens is 5. The summed E-state index contributed by atoms with van der Waals surface area (Å²) in [6, 6.07) is 5.74. The molecule has 2 aromatic carbocycles. The SMILES string of the molecule is CC(O)CN(CC(C)O)CC(C)O.Nc1c(Cl)c(Cl)cc(C(=O)O)c1Cl.O=C(O)COc1ccc(Cl)cc1Cl. The van der Waals surface area contributed by atoms with Gasteiger partial charge in [0.25, 0.3) is 0 Å². The number of nitrogens with zero attached hydrogens (tertiary/aromatic N) is 1. The van der Waals surface area contributed by atoms with Crippen LogP contribution in [-0.4, -0.2) is 86.9 Å². The summed E-state index contributed by atoms with van der Waals surface area (Å²) in [6.45, 7) is 6.11. The van der Waals surface area contributed by atoms with Gasteiger partial charge in [0.05, 0.1) is 49.7 Å². The zero-order valence-corrected chi connectivity index (χ0v) is 25.0. The molecular weight excluding hydrogens is 622 g/mol. The van der Waals surface area contributed by atoms with Gasteiger partial charge >= 0.3 is 11.9 Å². The fraction of sp³-hybridized carbons (Fsp3) is 0.417. The van der Waals surface area contributed by atoms with E-state index in [4.69, 9.17) is 94.0 Å². The highest BCUT2D eigenvalue weighted by atomic mass is 35.5. The van der Waals surface area contributed by atoms with E-state index in [2.05, 4.69) is 0 Å². The number of aliphatic hydroxyl groups is 3. The number of aliphatic hydroxyl groups excluding tert-OH is 3. The molecule has 2 aromatic rings. The Labute approximate surface area is 251 Å². The predicted octanol–water partition coefficient (Wildman–Crippen LogP) is 4.81. The largest absolute Gasteiger partial charge is 0.480 e. The summed E-state index contributed by atoms with van der Waals surface area (Å²) in [4.78, 5) is 22.6. The molecular formula is C24H31Cl5N2O8. The summed E-state index contributed by atoms with van der Waals surface area (Å²) in [6.07, 6.45) is -1.30. The van der Waals surface area contributed by atoms with Crippen molar-refractivity contribution in [3.8, 4) is 5.75 Å². The molecule has 0 spiro atoms. The number of aromatic carboxylic acids is 1. The molecule has 0 amide bonds. The highest BCUT2D eigenvalue weighted by Gasteiger charge is 2.16. The van der Waals surface area contributed by atoms with Gasteiger partial charge in [0, 0.05) is 24.7 Å². The molecule has 220 valence electrons. The van der Waals surface area contributed by atoms with Crippen molar-refractivity contribution in [2.75, 3.05) is 32.0 Å². The van der Waals surface area contributed by atoms with Crippen molar-refractivity contribution in [2.45, 2.75) is 39.1 Å². The van der Waals surface area contributed by atoms with Crippen LogP contribution in [0.25, 0.3) is 0 Å². The van der Waals surface area contributed by atoms with Crippen molar-refractivity contribution in [2.24, 2.45) is 0 Å². The van der Waals surface area contributed by atoms with Crippen LogP contribution in [0.15, 0.2) is 24.3 Å². The summed E-state index contributed by atoms with van der Waals surface area (Å²) in [5, 5.41) is 45.2. The number of rotatable bonds is 10. The Morgan fingerprint density at radius 1 is 0.846 bits per heavy atom. The van der Waals surface area contributed by atoms with E-state index >= 15 is 0 Å². The maximum Gasteiger partial charge on any atom is 0.341 e. The van der Waals surface area contributed by atoms with Gasteiger partial charge in [0.2, 0.25) is 0 Å². The van der Waals surface area contributed by atoms with Gasteiger partial charge in [-0.15, -0.1) is 0 Å². The molecule has 0 saturated heterocycles. The first-order chi connectivity index (χ1) is 18.0. The maximum absolute atomic E-state index is 10.6. The number of anilines is 1. The molecule has 0 radical (unpaired) electrons. The first-order valence-electron chi connectivity index (χ1n) is 11.2. The lowest BCUT2D eigenvalue weighted by Crippen LogP contribution is -2.40. The summed E-state index contributed by atoms with van der Waals surface area (Å²) in [5.41, 5.74) is 5.23. The van der Waals surface area contributed by atoms with E-state index in [1.54, 1.807) is 26.8 Å². The summed E-state index contributed by atoms with van der Waals surface area (Å²) in [5.74, 6) is -1.94. The molecule has 15 heteroatoms. The predicted molar refractivity (Wildman–Crippen MR) is 154 cm³/mol. The summed E-state index contributed by atoms with van der Waals surface area (Å²) >= 11 is 28.2. The monoisotopic (exact) mass is 650 g/mol. The van der Waals surface area contributed by atoms with E-state index < -0.39 is 36.9 Å². The average Bonchev–Trinajstić information content (AvgIpc) is 2.78. The van der Waals surface area contributed by atoms with E-state index in [0.717, 1.165) is 6.07 Å². The minimum atomic E-state index is -1.20. The molecule has 0 bridgehead atoms. The number of carbonyl (C=O) groups is 2. The second-order valence-corrected chi connectivity index (χ2v) is 10.3. The third-order valence-electron chi connectivity index (χ3n) is 4.23. The third kappa shape index (κ3) is 15.6. The second kappa shape index (κ2) is 18.6. The van der Waals surface area contributed by atoms with Gasteiger partial charge in [-0.1, -0.05) is 58.0 Å². The number of nitrogen functional groups attached to an aromatic ring is 1. The van der Waals surface area contributed by atoms with Crippen LogP contribution in [0.1, 0.15) is 31.1 Å². The minimum absolute atomic E-state index is 0.0202. The quantitative estimate of drug-likeness (QED) is 0.154. The molecule has 0 aliphatic carbocycles. The van der Waals surface area contributed by atoms with Crippen LogP contribution >= 0.6 is 58.0 Å². The third-order valence-corrected chi connectivity index (χ3v) is 5.97. The Bertz CT molecular complexity index is 1060. The number of aliphatic carboxylic acids is 1. The molecule has 0 aliphatic rings. The van der Waals surface area contributed by atoms with Gasteiger partial charge < -0.3 is 36.0 Å². The van der Waals surface area contributed by atoms with Gasteiger partial charge in [-0.3, -0.25) is 4.90 Å². The van der Waals surface area contributed by atoms with Crippen molar-refractivity contribution in [3.05, 3.63) is 54.9 Å². The lowest BCUT2D eigenvalue weighted by atomic mass is 10.2. The smallest absolute Gasteiger partial charge is 0.341 e. The lowest BCUT2D eigenvalue weighted by Gasteiger charge is -2.25. The summed E-state index contributed by atoms with van der Waals surface area (Å²) in [7, 11) is 0. The zero-order valence-electron chi connectivity index (χ0n) is 21.2. The first-order valence-corrected chi connectivity index (χ1v) is 13.1. The van der Waals surface area contributed by atoms with E-state index in [1.807, 2.05) is 4.90 Å². The molecule has 7 N–H and O–H groups in total. The molecule has 0 saturated carbocycles. The minimum Gasteiger partial charge on any atom is -0.480 e. The van der Waals surface area contributed by atoms with Crippen LogP contribution in [0.2, 0.25) is 25.1 Å². The Kier molecular flexibility index (Phi) is 17.8. The topological polar surface area (TPSA) is 174 Å². The zero-order chi connectivity index (χ0) is 30.4. The summed E-state index contributed by atoms with van der Waals surface area (Å²) < 4.78 is 4.86. The molecule has 3 unspecified atom stereocenters. The number of nitrogens with two attached hydrogens (primary N) is 1. The van der Waals surface area contributed by atoms with Crippen molar-refractivity contribution < 1.29 is 39.9 Å². The molecule has 3 atom stereocenters. The molecule has 0 fully saturated rings. The van der Waals surface area contributed by atoms with Gasteiger partial charge in [0.1, 0.15) is 5.75 Å². The van der Waals surface area contributed by atoms with Crippen LogP contribution in [0.5, 0.6) is 5.75 Å². The Balaban J connectivity index is 0.000000555. The molecule has 2 rings (SSSR count). The van der Waals surface area contributed by atoms with E-state index in [0.29, 0.717) is 35.4 Å². The number of hydrogen-bond acceptors (Lipinski definition) is 8. The van der Waals surface area contributed by atoms with Crippen LogP contribution in [0, 0.1) is 0 Å². The molecule has 0 aromatic heterocycles. The van der Waals surface area contributed by atoms with Crippen molar-refractivity contribution in [3.63, 3.8) is 0 Å².